The van der Waals surface area contributed by atoms with Crippen LogP contribution in [0, 0.1) is 3.57 Å². The maximum atomic E-state index is 12.1. The lowest BCUT2D eigenvalue weighted by atomic mass is 10.2. The van der Waals surface area contributed by atoms with Gasteiger partial charge >= 0.3 is 0 Å². The van der Waals surface area contributed by atoms with Gasteiger partial charge in [0, 0.05) is 3.57 Å². The molecule has 3 rings (SSSR count). The van der Waals surface area contributed by atoms with E-state index in [0.717, 1.165) is 14.9 Å². The van der Waals surface area contributed by atoms with Gasteiger partial charge in [0.05, 0.1) is 17.9 Å². The lowest BCUT2D eigenvalue weighted by Crippen LogP contribution is -2.23. The van der Waals surface area contributed by atoms with E-state index >= 15 is 0 Å². The summed E-state index contributed by atoms with van der Waals surface area (Å²) in [5.41, 5.74) is 1.57. The zero-order valence-corrected chi connectivity index (χ0v) is 13.9. The predicted molar refractivity (Wildman–Crippen MR) is 93.7 cm³/mol. The number of nitrogens with one attached hydrogen (secondary N) is 2. The van der Waals surface area contributed by atoms with Gasteiger partial charge < -0.3 is 20.1 Å². The number of rotatable bonds is 4. The molecule has 1 heterocycles. The summed E-state index contributed by atoms with van der Waals surface area (Å²) in [5, 5.41) is 5.97. The van der Waals surface area contributed by atoms with Crippen molar-refractivity contribution in [3.8, 4) is 11.5 Å². The highest BCUT2D eigenvalue weighted by Crippen LogP contribution is 2.37. The van der Waals surface area contributed by atoms with Crippen molar-refractivity contribution in [2.75, 3.05) is 30.4 Å². The molecule has 0 spiro atoms. The van der Waals surface area contributed by atoms with Crippen LogP contribution in [0.3, 0.4) is 0 Å². The maximum Gasteiger partial charge on any atom is 0.243 e. The van der Waals surface area contributed by atoms with Crippen molar-refractivity contribution in [1.29, 1.82) is 0 Å². The number of hydrogen-bond acceptors (Lipinski definition) is 4. The van der Waals surface area contributed by atoms with E-state index in [2.05, 4.69) is 33.2 Å². The van der Waals surface area contributed by atoms with Gasteiger partial charge in [-0.05, 0) is 46.9 Å². The molecule has 0 atom stereocenters. The Bertz CT molecular complexity index is 691. The molecule has 2 aromatic rings. The maximum absolute atomic E-state index is 12.1. The van der Waals surface area contributed by atoms with E-state index in [1.807, 2.05) is 42.5 Å². The minimum atomic E-state index is -0.113. The van der Waals surface area contributed by atoms with Gasteiger partial charge in [0.1, 0.15) is 13.2 Å². The second-order valence-electron chi connectivity index (χ2n) is 4.71. The number of benzene rings is 2. The summed E-state index contributed by atoms with van der Waals surface area (Å²) < 4.78 is 12.1. The number of fused-ring (bicyclic) bond motifs is 1. The Balaban J connectivity index is 1.63. The summed E-state index contributed by atoms with van der Waals surface area (Å²) in [6, 6.07) is 13.2. The highest BCUT2D eigenvalue weighted by atomic mass is 127. The quantitative estimate of drug-likeness (QED) is 0.761. The normalized spacial score (nSPS) is 12.6. The summed E-state index contributed by atoms with van der Waals surface area (Å²) in [7, 11) is 0. The Labute approximate surface area is 142 Å². The fourth-order valence-corrected chi connectivity index (χ4v) is 2.67. The first-order valence-corrected chi connectivity index (χ1v) is 7.99. The third kappa shape index (κ3) is 3.44. The number of ether oxygens (including phenoxy) is 2. The monoisotopic (exact) mass is 410 g/mol. The van der Waals surface area contributed by atoms with E-state index in [1.165, 1.54) is 0 Å². The van der Waals surface area contributed by atoms with Gasteiger partial charge in [-0.3, -0.25) is 4.79 Å². The van der Waals surface area contributed by atoms with Crippen LogP contribution >= 0.6 is 22.6 Å². The molecule has 0 unspecified atom stereocenters. The molecule has 2 N–H and O–H groups in total. The highest BCUT2D eigenvalue weighted by molar-refractivity contribution is 14.1. The largest absolute Gasteiger partial charge is 0.486 e. The molecule has 0 saturated carbocycles. The fourth-order valence-electron chi connectivity index (χ4n) is 2.15. The minimum Gasteiger partial charge on any atom is -0.486 e. The molecule has 6 heteroatoms. The molecule has 0 radical (unpaired) electrons. The van der Waals surface area contributed by atoms with Gasteiger partial charge in [-0.15, -0.1) is 0 Å². The van der Waals surface area contributed by atoms with Crippen molar-refractivity contribution in [3.63, 3.8) is 0 Å². The van der Waals surface area contributed by atoms with E-state index in [-0.39, 0.29) is 12.5 Å². The van der Waals surface area contributed by atoms with Crippen LogP contribution in [0.25, 0.3) is 0 Å². The molecular weight excluding hydrogens is 395 g/mol. The molecule has 114 valence electrons. The molecule has 0 bridgehead atoms. The summed E-state index contributed by atoms with van der Waals surface area (Å²) >= 11 is 2.19. The second kappa shape index (κ2) is 6.87. The summed E-state index contributed by atoms with van der Waals surface area (Å²) in [4.78, 5) is 12.1. The van der Waals surface area contributed by atoms with Crippen LogP contribution in [-0.4, -0.2) is 25.7 Å². The number of amides is 1. The van der Waals surface area contributed by atoms with Crippen molar-refractivity contribution in [1.82, 2.24) is 0 Å². The minimum absolute atomic E-state index is 0.113. The van der Waals surface area contributed by atoms with Crippen LogP contribution in [0.15, 0.2) is 42.5 Å². The van der Waals surface area contributed by atoms with Crippen molar-refractivity contribution in [3.05, 3.63) is 46.0 Å². The van der Waals surface area contributed by atoms with Gasteiger partial charge in [0.15, 0.2) is 11.5 Å². The van der Waals surface area contributed by atoms with Crippen molar-refractivity contribution in [2.24, 2.45) is 0 Å². The van der Waals surface area contributed by atoms with E-state index in [0.29, 0.717) is 24.7 Å². The van der Waals surface area contributed by atoms with E-state index < -0.39 is 0 Å². The Kier molecular flexibility index (Phi) is 4.67. The number of carbonyl (C=O) groups is 1. The average Bonchev–Trinajstić information content (AvgIpc) is 2.55. The zero-order chi connectivity index (χ0) is 15.4. The predicted octanol–water partition coefficient (Wildman–Crippen LogP) is 3.11. The van der Waals surface area contributed by atoms with Crippen LogP contribution in [0.4, 0.5) is 11.4 Å². The molecule has 0 aromatic heterocycles. The van der Waals surface area contributed by atoms with Crippen LogP contribution in [0.2, 0.25) is 0 Å². The third-order valence-electron chi connectivity index (χ3n) is 3.15. The lowest BCUT2D eigenvalue weighted by molar-refractivity contribution is -0.114. The first-order valence-electron chi connectivity index (χ1n) is 6.91. The standard InChI is InChI=1S/C16H15IN2O3/c17-11-4-1-2-5-12(11)19-15(20)10-18-13-6-3-7-14-16(13)22-9-8-21-14/h1-7,18H,8-10H2,(H,19,20). The number of halogens is 1. The van der Waals surface area contributed by atoms with Gasteiger partial charge in [0.2, 0.25) is 5.91 Å². The Morgan fingerprint density at radius 1 is 1.05 bits per heavy atom. The molecule has 0 aliphatic carbocycles. The van der Waals surface area contributed by atoms with Gasteiger partial charge in [-0.1, -0.05) is 18.2 Å². The number of carbonyl (C=O) groups excluding carboxylic acids is 1. The molecule has 1 aliphatic heterocycles. The molecule has 2 aromatic carbocycles. The zero-order valence-electron chi connectivity index (χ0n) is 11.8. The van der Waals surface area contributed by atoms with Gasteiger partial charge in [-0.25, -0.2) is 0 Å². The second-order valence-corrected chi connectivity index (χ2v) is 5.87. The van der Waals surface area contributed by atoms with E-state index in [1.54, 1.807) is 0 Å². The molecule has 0 fully saturated rings. The van der Waals surface area contributed by atoms with Gasteiger partial charge in [-0.2, -0.15) is 0 Å². The van der Waals surface area contributed by atoms with Crippen molar-refractivity contribution < 1.29 is 14.3 Å². The summed E-state index contributed by atoms with van der Waals surface area (Å²) in [6.07, 6.45) is 0. The molecule has 1 aliphatic rings. The van der Waals surface area contributed by atoms with Gasteiger partial charge in [0.25, 0.3) is 0 Å². The van der Waals surface area contributed by atoms with Crippen LogP contribution in [-0.2, 0) is 4.79 Å². The highest BCUT2D eigenvalue weighted by Gasteiger charge is 2.16. The van der Waals surface area contributed by atoms with Crippen LogP contribution < -0.4 is 20.1 Å². The molecular formula is C16H15IN2O3. The molecule has 22 heavy (non-hydrogen) atoms. The Morgan fingerprint density at radius 2 is 1.82 bits per heavy atom. The molecule has 1 amide bonds. The van der Waals surface area contributed by atoms with Crippen molar-refractivity contribution >= 4 is 39.9 Å². The topological polar surface area (TPSA) is 59.6 Å². The summed E-state index contributed by atoms with van der Waals surface area (Å²) in [5.74, 6) is 1.25. The molecule has 0 saturated heterocycles. The number of hydrogen-bond donors (Lipinski definition) is 2. The number of anilines is 2. The summed E-state index contributed by atoms with van der Waals surface area (Å²) in [6.45, 7) is 1.22. The van der Waals surface area contributed by atoms with Crippen LogP contribution in [0.1, 0.15) is 0 Å². The molecule has 5 nitrogen and oxygen atoms in total. The first kappa shape index (κ1) is 15.0. The van der Waals surface area contributed by atoms with Crippen LogP contribution in [0.5, 0.6) is 11.5 Å². The SMILES string of the molecule is O=C(CNc1cccc2c1OCCO2)Nc1ccccc1I. The Hall–Kier alpha value is -1.96. The Morgan fingerprint density at radius 3 is 2.68 bits per heavy atom. The lowest BCUT2D eigenvalue weighted by Gasteiger charge is -2.21. The van der Waals surface area contributed by atoms with E-state index in [4.69, 9.17) is 9.47 Å². The fraction of sp³-hybridized carbons (Fsp3) is 0.188. The number of para-hydroxylation sites is 2. The van der Waals surface area contributed by atoms with E-state index in [9.17, 15) is 4.79 Å². The third-order valence-corrected chi connectivity index (χ3v) is 4.09. The first-order chi connectivity index (χ1) is 10.7. The van der Waals surface area contributed by atoms with Crippen molar-refractivity contribution in [2.45, 2.75) is 0 Å². The smallest absolute Gasteiger partial charge is 0.243 e. The average molecular weight is 410 g/mol.